The fourth-order valence-corrected chi connectivity index (χ4v) is 5.76. The molecule has 8 atom stereocenters. The van der Waals surface area contributed by atoms with Crippen molar-refractivity contribution in [3.05, 3.63) is 29.8 Å². The van der Waals surface area contributed by atoms with E-state index < -0.39 is 17.7 Å². The van der Waals surface area contributed by atoms with Crippen LogP contribution in [0.15, 0.2) is 24.3 Å². The van der Waals surface area contributed by atoms with E-state index in [-0.39, 0.29) is 18.1 Å². The van der Waals surface area contributed by atoms with E-state index in [9.17, 15) is 0 Å². The largest absolute Gasteiger partial charge is 0.465 e. The van der Waals surface area contributed by atoms with Gasteiger partial charge in [-0.1, -0.05) is 31.5 Å². The molecule has 0 N–H and O–H groups in total. The average molecular weight is 374 g/mol. The first-order valence-electron chi connectivity index (χ1n) is 10.3. The zero-order chi connectivity index (χ0) is 18.8. The Balaban J connectivity index is 1.48. The van der Waals surface area contributed by atoms with Gasteiger partial charge in [0.1, 0.15) is 5.75 Å². The number of ether oxygens (including phenoxy) is 3. The van der Waals surface area contributed by atoms with E-state index in [2.05, 4.69) is 32.9 Å². The Hall–Kier alpha value is -1.14. The van der Waals surface area contributed by atoms with E-state index in [0.29, 0.717) is 11.8 Å². The molecule has 5 fully saturated rings. The predicted molar refractivity (Wildman–Crippen MR) is 98.6 cm³/mol. The molecule has 1 spiro atoms. The maximum Gasteiger partial charge on any atom is 0.205 e. The monoisotopic (exact) mass is 374 g/mol. The molecule has 1 saturated carbocycles. The molecule has 1 unspecified atom stereocenters. The van der Waals surface area contributed by atoms with Gasteiger partial charge in [-0.2, -0.15) is 0 Å². The fourth-order valence-electron chi connectivity index (χ4n) is 5.76. The molecule has 1 aliphatic carbocycles. The molecule has 5 nitrogen and oxygen atoms in total. The van der Waals surface area contributed by atoms with Crippen molar-refractivity contribution in [2.45, 2.75) is 77.3 Å². The van der Waals surface area contributed by atoms with Crippen LogP contribution in [0, 0.1) is 30.6 Å². The van der Waals surface area contributed by atoms with Crippen LogP contribution in [-0.4, -0.2) is 24.0 Å². The zero-order valence-corrected chi connectivity index (χ0v) is 16.6. The Labute approximate surface area is 161 Å². The third-order valence-corrected chi connectivity index (χ3v) is 7.37. The summed E-state index contributed by atoms with van der Waals surface area (Å²) >= 11 is 0. The summed E-state index contributed by atoms with van der Waals surface area (Å²) < 4.78 is 19.1. The van der Waals surface area contributed by atoms with E-state index in [1.807, 2.05) is 19.1 Å². The van der Waals surface area contributed by atoms with Crippen molar-refractivity contribution in [3.8, 4) is 5.75 Å². The predicted octanol–water partition coefficient (Wildman–Crippen LogP) is 4.58. The highest BCUT2D eigenvalue weighted by atomic mass is 17.3. The minimum atomic E-state index is -0.744. The van der Waals surface area contributed by atoms with Gasteiger partial charge in [-0.15, -0.1) is 0 Å². The van der Waals surface area contributed by atoms with E-state index in [1.165, 1.54) is 12.0 Å². The van der Waals surface area contributed by atoms with Crippen LogP contribution in [0.4, 0.5) is 0 Å². The highest BCUT2D eigenvalue weighted by molar-refractivity contribution is 5.26. The van der Waals surface area contributed by atoms with Crippen molar-refractivity contribution < 1.29 is 24.0 Å². The summed E-state index contributed by atoms with van der Waals surface area (Å²) in [5.74, 6) is 1.51. The van der Waals surface area contributed by atoms with Gasteiger partial charge in [-0.05, 0) is 57.1 Å². The molecule has 0 amide bonds. The standard InChI is InChI=1S/C22H30O5/c1-13-5-8-16(9-6-13)23-19-15(3)18-10-7-14(2)17-11-12-21(4)25-20(24-19)22(17,18)27-26-21/h5-6,8-9,14-15,17-20H,7,10-12H2,1-4H3/t14-,15-,17+,18+,19?,20-,21-,22-/m1/s1. The molecule has 4 heterocycles. The topological polar surface area (TPSA) is 46.2 Å². The molecule has 5 heteroatoms. The Kier molecular flexibility index (Phi) is 4.10. The first kappa shape index (κ1) is 17.9. The maximum atomic E-state index is 6.44. The van der Waals surface area contributed by atoms with E-state index in [0.717, 1.165) is 25.0 Å². The van der Waals surface area contributed by atoms with Crippen molar-refractivity contribution in [1.29, 1.82) is 0 Å². The number of rotatable bonds is 2. The van der Waals surface area contributed by atoms with Gasteiger partial charge in [0.15, 0.2) is 11.9 Å². The van der Waals surface area contributed by atoms with Gasteiger partial charge in [-0.3, -0.25) is 0 Å². The summed E-state index contributed by atoms with van der Waals surface area (Å²) in [6, 6.07) is 8.13. The van der Waals surface area contributed by atoms with Crippen molar-refractivity contribution in [2.24, 2.45) is 23.7 Å². The molecule has 4 saturated heterocycles. The second kappa shape index (κ2) is 6.18. The van der Waals surface area contributed by atoms with Gasteiger partial charge in [0.2, 0.25) is 12.1 Å². The third kappa shape index (κ3) is 2.66. The molecule has 1 aromatic carbocycles. The van der Waals surface area contributed by atoms with E-state index >= 15 is 0 Å². The highest BCUT2D eigenvalue weighted by Crippen LogP contribution is 2.60. The van der Waals surface area contributed by atoms with Gasteiger partial charge in [0, 0.05) is 18.3 Å². The number of hydrogen-bond acceptors (Lipinski definition) is 5. The summed E-state index contributed by atoms with van der Waals surface area (Å²) in [6.45, 7) is 8.57. The minimum absolute atomic E-state index is 0.187. The molecule has 0 radical (unpaired) electrons. The Bertz CT molecular complexity index is 705. The first-order valence-corrected chi connectivity index (χ1v) is 10.3. The number of aryl methyl sites for hydroxylation is 1. The lowest BCUT2D eigenvalue weighted by atomic mass is 9.58. The van der Waals surface area contributed by atoms with Gasteiger partial charge in [-0.25, -0.2) is 9.78 Å². The molecule has 0 aromatic heterocycles. The first-order chi connectivity index (χ1) is 12.9. The molecular formula is C22H30O5. The lowest BCUT2D eigenvalue weighted by Gasteiger charge is -2.60. The molecule has 2 bridgehead atoms. The van der Waals surface area contributed by atoms with Crippen molar-refractivity contribution in [3.63, 3.8) is 0 Å². The molecule has 1 aromatic rings. The third-order valence-electron chi connectivity index (χ3n) is 7.37. The van der Waals surface area contributed by atoms with Crippen LogP contribution < -0.4 is 4.74 Å². The van der Waals surface area contributed by atoms with Crippen LogP contribution in [0.3, 0.4) is 0 Å². The SMILES string of the molecule is Cc1ccc(OC2O[C@@H]3O[C@@]4(C)CC[C@H]5[C@H](C)CC[C@@H]([C@H]2C)[C@@]35OO4)cc1. The van der Waals surface area contributed by atoms with Crippen LogP contribution in [-0.2, 0) is 19.2 Å². The van der Waals surface area contributed by atoms with Gasteiger partial charge >= 0.3 is 0 Å². The second-order valence-electron chi connectivity index (χ2n) is 9.20. The summed E-state index contributed by atoms with van der Waals surface area (Å²) in [5.41, 5.74) is 0.686. The second-order valence-corrected chi connectivity index (χ2v) is 9.20. The average Bonchev–Trinajstić information content (AvgIpc) is 2.87. The molecular weight excluding hydrogens is 344 g/mol. The lowest BCUT2D eigenvalue weighted by molar-refractivity contribution is -0.575. The van der Waals surface area contributed by atoms with Crippen molar-refractivity contribution in [2.75, 3.05) is 0 Å². The quantitative estimate of drug-likeness (QED) is 0.709. The number of benzene rings is 1. The summed E-state index contributed by atoms with van der Waals surface area (Å²) in [6.07, 6.45) is 3.34. The number of fused-ring (bicyclic) bond motifs is 2. The molecule has 27 heavy (non-hydrogen) atoms. The summed E-state index contributed by atoms with van der Waals surface area (Å²) in [7, 11) is 0. The Morgan fingerprint density at radius 2 is 1.78 bits per heavy atom. The van der Waals surface area contributed by atoms with Crippen molar-refractivity contribution >= 4 is 0 Å². The fraction of sp³-hybridized carbons (Fsp3) is 0.727. The molecule has 5 aliphatic rings. The van der Waals surface area contributed by atoms with Crippen LogP contribution in [0.2, 0.25) is 0 Å². The van der Waals surface area contributed by atoms with Gasteiger partial charge in [0.25, 0.3) is 0 Å². The van der Waals surface area contributed by atoms with Crippen molar-refractivity contribution in [1.82, 2.24) is 0 Å². The smallest absolute Gasteiger partial charge is 0.205 e. The highest BCUT2D eigenvalue weighted by Gasteiger charge is 2.69. The van der Waals surface area contributed by atoms with Crippen LogP contribution in [0.5, 0.6) is 5.75 Å². The Morgan fingerprint density at radius 3 is 2.56 bits per heavy atom. The van der Waals surface area contributed by atoms with E-state index in [4.69, 9.17) is 24.0 Å². The summed E-state index contributed by atoms with van der Waals surface area (Å²) in [4.78, 5) is 12.0. The maximum absolute atomic E-state index is 6.44. The minimum Gasteiger partial charge on any atom is -0.465 e. The molecule has 148 valence electrons. The van der Waals surface area contributed by atoms with Crippen LogP contribution in [0.25, 0.3) is 0 Å². The van der Waals surface area contributed by atoms with E-state index in [1.54, 1.807) is 0 Å². The normalized spacial score (nSPS) is 48.6. The van der Waals surface area contributed by atoms with Gasteiger partial charge < -0.3 is 14.2 Å². The summed E-state index contributed by atoms with van der Waals surface area (Å²) in [5, 5.41) is 0. The molecule has 4 aliphatic heterocycles. The lowest BCUT2D eigenvalue weighted by Crippen LogP contribution is -2.70. The molecule has 6 rings (SSSR count). The van der Waals surface area contributed by atoms with Gasteiger partial charge in [0.05, 0.1) is 0 Å². The Morgan fingerprint density at radius 1 is 1.00 bits per heavy atom. The van der Waals surface area contributed by atoms with Crippen LogP contribution >= 0.6 is 0 Å². The number of hydrogen-bond donors (Lipinski definition) is 0. The van der Waals surface area contributed by atoms with Crippen LogP contribution in [0.1, 0.15) is 52.0 Å². The zero-order valence-electron chi connectivity index (χ0n) is 16.6.